The topological polar surface area (TPSA) is 72.2 Å². The highest BCUT2D eigenvalue weighted by Gasteiger charge is 2.31. The number of hydrogen-bond acceptors (Lipinski definition) is 3. The second-order valence-electron chi connectivity index (χ2n) is 5.24. The van der Waals surface area contributed by atoms with E-state index in [2.05, 4.69) is 4.72 Å². The summed E-state index contributed by atoms with van der Waals surface area (Å²) in [5.74, 6) is 0.499. The molecule has 0 bridgehead atoms. The summed E-state index contributed by atoms with van der Waals surface area (Å²) in [7, 11) is -3.43. The molecule has 1 fully saturated rings. The van der Waals surface area contributed by atoms with Gasteiger partial charge in [0.2, 0.25) is 10.0 Å². The van der Waals surface area contributed by atoms with Crippen LogP contribution in [-0.4, -0.2) is 14.5 Å². The van der Waals surface area contributed by atoms with Crippen molar-refractivity contribution in [3.63, 3.8) is 0 Å². The largest absolute Gasteiger partial charge is 0.326 e. The first-order valence-corrected chi connectivity index (χ1v) is 8.30. The van der Waals surface area contributed by atoms with Crippen LogP contribution in [0.25, 0.3) is 0 Å². The fraction of sp³-hybridized carbons (Fsp3) is 0.571. The minimum absolute atomic E-state index is 0.0113. The van der Waals surface area contributed by atoms with Crippen LogP contribution in [0, 0.1) is 5.92 Å². The molecule has 1 unspecified atom stereocenters. The summed E-state index contributed by atoms with van der Waals surface area (Å²) in [5.41, 5.74) is 7.70. The summed E-state index contributed by atoms with van der Waals surface area (Å²) in [6, 6.07) is 5.23. The maximum Gasteiger partial charge on any atom is 0.240 e. The van der Waals surface area contributed by atoms with E-state index in [4.69, 9.17) is 5.73 Å². The van der Waals surface area contributed by atoms with Gasteiger partial charge < -0.3 is 5.73 Å². The lowest BCUT2D eigenvalue weighted by Crippen LogP contribution is -2.34. The minimum atomic E-state index is -3.43. The predicted octanol–water partition coefficient (Wildman–Crippen LogP) is 1.78. The van der Waals surface area contributed by atoms with Gasteiger partial charge in [-0.1, -0.05) is 13.0 Å². The Morgan fingerprint density at radius 2 is 2.05 bits per heavy atom. The van der Waals surface area contributed by atoms with Crippen molar-refractivity contribution >= 4 is 10.0 Å². The predicted molar refractivity (Wildman–Crippen MR) is 76.2 cm³/mol. The maximum atomic E-state index is 12.3. The second-order valence-corrected chi connectivity index (χ2v) is 6.95. The summed E-state index contributed by atoms with van der Waals surface area (Å²) in [5, 5.41) is 0. The molecular weight excluding hydrogens is 260 g/mol. The van der Waals surface area contributed by atoms with Gasteiger partial charge in [-0.25, -0.2) is 13.1 Å². The minimum Gasteiger partial charge on any atom is -0.326 e. The number of sulfonamides is 1. The Balaban J connectivity index is 2.24. The number of benzene rings is 1. The van der Waals surface area contributed by atoms with E-state index in [1.165, 1.54) is 0 Å². The fourth-order valence-corrected chi connectivity index (χ4v) is 3.67. The molecule has 1 aromatic rings. The summed E-state index contributed by atoms with van der Waals surface area (Å²) in [4.78, 5) is 0.317. The molecule has 0 aliphatic heterocycles. The number of rotatable bonds is 6. The molecule has 1 atom stereocenters. The quantitative estimate of drug-likeness (QED) is 0.835. The van der Waals surface area contributed by atoms with Gasteiger partial charge in [0.1, 0.15) is 0 Å². The third kappa shape index (κ3) is 3.35. The van der Waals surface area contributed by atoms with Crippen molar-refractivity contribution in [3.8, 4) is 0 Å². The lowest BCUT2D eigenvalue weighted by molar-refractivity contribution is 0.538. The Morgan fingerprint density at radius 3 is 2.58 bits per heavy atom. The number of nitrogens with one attached hydrogen (secondary N) is 1. The Hall–Kier alpha value is -0.910. The van der Waals surface area contributed by atoms with E-state index in [9.17, 15) is 8.42 Å². The van der Waals surface area contributed by atoms with E-state index in [1.54, 1.807) is 12.1 Å². The molecule has 1 aromatic carbocycles. The van der Waals surface area contributed by atoms with Crippen molar-refractivity contribution in [2.75, 3.05) is 0 Å². The van der Waals surface area contributed by atoms with E-state index < -0.39 is 10.0 Å². The van der Waals surface area contributed by atoms with Crippen LogP contribution in [-0.2, 0) is 23.0 Å². The van der Waals surface area contributed by atoms with Gasteiger partial charge in [0.25, 0.3) is 0 Å². The van der Waals surface area contributed by atoms with Crippen molar-refractivity contribution in [1.29, 1.82) is 0 Å². The molecule has 0 spiro atoms. The van der Waals surface area contributed by atoms with Gasteiger partial charge in [-0.15, -0.1) is 0 Å². The van der Waals surface area contributed by atoms with Gasteiger partial charge in [-0.2, -0.15) is 0 Å². The summed E-state index contributed by atoms with van der Waals surface area (Å²) in [6.07, 6.45) is 3.10. The SMILES string of the molecule is CCc1ccc(S(=O)(=O)NC(C)C2CC2)cc1CN. The third-order valence-electron chi connectivity index (χ3n) is 3.76. The van der Waals surface area contributed by atoms with Crippen LogP contribution >= 0.6 is 0 Å². The van der Waals surface area contributed by atoms with E-state index in [0.717, 1.165) is 30.4 Å². The molecule has 19 heavy (non-hydrogen) atoms. The second kappa shape index (κ2) is 5.61. The first-order valence-electron chi connectivity index (χ1n) is 6.82. The van der Waals surface area contributed by atoms with Crippen LogP contribution in [0.4, 0.5) is 0 Å². The number of aryl methyl sites for hydroxylation is 1. The van der Waals surface area contributed by atoms with Crippen LogP contribution in [0.15, 0.2) is 23.1 Å². The number of nitrogens with two attached hydrogens (primary N) is 1. The highest BCUT2D eigenvalue weighted by Crippen LogP contribution is 2.33. The van der Waals surface area contributed by atoms with Crippen LogP contribution in [0.3, 0.4) is 0 Å². The zero-order valence-electron chi connectivity index (χ0n) is 11.5. The molecule has 5 heteroatoms. The zero-order valence-corrected chi connectivity index (χ0v) is 12.3. The fourth-order valence-electron chi connectivity index (χ4n) is 2.31. The maximum absolute atomic E-state index is 12.3. The van der Waals surface area contributed by atoms with Crippen molar-refractivity contribution in [3.05, 3.63) is 29.3 Å². The molecule has 0 aromatic heterocycles. The summed E-state index contributed by atoms with van der Waals surface area (Å²) >= 11 is 0. The van der Waals surface area contributed by atoms with E-state index >= 15 is 0 Å². The summed E-state index contributed by atoms with van der Waals surface area (Å²) in [6.45, 7) is 4.33. The first-order chi connectivity index (χ1) is 8.97. The van der Waals surface area contributed by atoms with Gasteiger partial charge >= 0.3 is 0 Å². The third-order valence-corrected chi connectivity index (χ3v) is 5.32. The van der Waals surface area contributed by atoms with Gasteiger partial charge in [-0.05, 0) is 55.4 Å². The monoisotopic (exact) mass is 282 g/mol. The average molecular weight is 282 g/mol. The highest BCUT2D eigenvalue weighted by atomic mass is 32.2. The van der Waals surface area contributed by atoms with Gasteiger partial charge in [0, 0.05) is 12.6 Å². The first kappa shape index (κ1) is 14.5. The van der Waals surface area contributed by atoms with Crippen molar-refractivity contribution in [2.45, 2.75) is 50.6 Å². The summed E-state index contributed by atoms with van der Waals surface area (Å²) < 4.78 is 27.3. The lowest BCUT2D eigenvalue weighted by Gasteiger charge is -2.15. The van der Waals surface area contributed by atoms with Crippen molar-refractivity contribution in [1.82, 2.24) is 4.72 Å². The van der Waals surface area contributed by atoms with Crippen LogP contribution < -0.4 is 10.5 Å². The van der Waals surface area contributed by atoms with E-state index in [1.807, 2.05) is 19.9 Å². The van der Waals surface area contributed by atoms with Crippen LogP contribution in [0.2, 0.25) is 0 Å². The van der Waals surface area contributed by atoms with Crippen molar-refractivity contribution < 1.29 is 8.42 Å². The zero-order chi connectivity index (χ0) is 14.0. The molecule has 0 heterocycles. The Morgan fingerprint density at radius 1 is 1.37 bits per heavy atom. The average Bonchev–Trinajstić information content (AvgIpc) is 3.21. The molecule has 4 nitrogen and oxygen atoms in total. The van der Waals surface area contributed by atoms with Crippen LogP contribution in [0.1, 0.15) is 37.8 Å². The van der Waals surface area contributed by atoms with Crippen LogP contribution in [0.5, 0.6) is 0 Å². The molecule has 1 aliphatic carbocycles. The Labute approximate surface area is 115 Å². The van der Waals surface area contributed by atoms with Crippen molar-refractivity contribution in [2.24, 2.45) is 11.7 Å². The molecule has 1 aliphatic rings. The van der Waals surface area contributed by atoms with Gasteiger partial charge in [0.05, 0.1) is 4.90 Å². The lowest BCUT2D eigenvalue weighted by atomic mass is 10.1. The molecule has 0 saturated heterocycles. The molecule has 1 saturated carbocycles. The van der Waals surface area contributed by atoms with E-state index in [-0.39, 0.29) is 6.04 Å². The Kier molecular flexibility index (Phi) is 4.28. The number of hydrogen-bond donors (Lipinski definition) is 2. The molecule has 0 amide bonds. The normalized spacial score (nSPS) is 17.4. The smallest absolute Gasteiger partial charge is 0.240 e. The standard InChI is InChI=1S/C14H22N2O2S/c1-3-11-6-7-14(8-13(11)9-15)19(17,18)16-10(2)12-4-5-12/h6-8,10,12,16H,3-5,9,15H2,1-2H3. The molecule has 2 rings (SSSR count). The molecular formula is C14H22N2O2S. The molecule has 106 valence electrons. The molecule has 3 N–H and O–H groups in total. The Bertz CT molecular complexity index is 551. The van der Waals surface area contributed by atoms with Gasteiger partial charge in [0.15, 0.2) is 0 Å². The van der Waals surface area contributed by atoms with E-state index in [0.29, 0.717) is 17.4 Å². The van der Waals surface area contributed by atoms with Gasteiger partial charge in [-0.3, -0.25) is 0 Å². The highest BCUT2D eigenvalue weighted by molar-refractivity contribution is 7.89. The molecule has 0 radical (unpaired) electrons.